The predicted octanol–water partition coefficient (Wildman–Crippen LogP) is 3.72. The maximum absolute atomic E-state index is 13.0. The zero-order valence-corrected chi connectivity index (χ0v) is 17.3. The van der Waals surface area contributed by atoms with Crippen molar-refractivity contribution in [2.75, 3.05) is 18.4 Å². The summed E-state index contributed by atoms with van der Waals surface area (Å²) in [5.74, 6) is -0.574. The van der Waals surface area contributed by atoms with E-state index in [1.54, 1.807) is 53.4 Å². The van der Waals surface area contributed by atoms with E-state index in [1.165, 1.54) is 0 Å². The van der Waals surface area contributed by atoms with E-state index in [0.29, 0.717) is 41.0 Å². The van der Waals surface area contributed by atoms with E-state index >= 15 is 0 Å². The summed E-state index contributed by atoms with van der Waals surface area (Å²) in [5.41, 5.74) is 1.37. The van der Waals surface area contributed by atoms with Gasteiger partial charge in [0, 0.05) is 30.4 Å². The lowest BCUT2D eigenvalue weighted by Gasteiger charge is -2.32. The zero-order chi connectivity index (χ0) is 21.1. The average Bonchev–Trinajstić information content (AvgIpc) is 3.57. The average molecular weight is 426 g/mol. The summed E-state index contributed by atoms with van der Waals surface area (Å²) in [6, 6.07) is 14.0. The quantitative estimate of drug-likeness (QED) is 0.766. The highest BCUT2D eigenvalue weighted by Crippen LogP contribution is 2.24. The first kappa shape index (κ1) is 20.4. The van der Waals surface area contributed by atoms with Crippen molar-refractivity contribution >= 4 is 35.0 Å². The second-order valence-electron chi connectivity index (χ2n) is 7.89. The van der Waals surface area contributed by atoms with Gasteiger partial charge in [-0.05, 0) is 56.0 Å². The topological polar surface area (TPSA) is 78.5 Å². The minimum Gasteiger partial charge on any atom is -0.353 e. The first-order chi connectivity index (χ1) is 14.5. The van der Waals surface area contributed by atoms with Gasteiger partial charge in [0.2, 0.25) is 5.91 Å². The molecule has 7 heteroatoms. The largest absolute Gasteiger partial charge is 0.353 e. The first-order valence-corrected chi connectivity index (χ1v) is 10.6. The van der Waals surface area contributed by atoms with E-state index in [0.717, 1.165) is 25.7 Å². The highest BCUT2D eigenvalue weighted by molar-refractivity contribution is 6.34. The molecule has 6 nitrogen and oxygen atoms in total. The van der Waals surface area contributed by atoms with Crippen molar-refractivity contribution in [1.82, 2.24) is 10.2 Å². The number of carbonyl (C=O) groups excluding carboxylic acids is 3. The summed E-state index contributed by atoms with van der Waals surface area (Å²) >= 11 is 6.09. The summed E-state index contributed by atoms with van der Waals surface area (Å²) in [6.07, 6.45) is 3.70. The number of likely N-dealkylation sites (tertiary alicyclic amines) is 1. The number of halogens is 1. The van der Waals surface area contributed by atoms with Crippen molar-refractivity contribution in [2.45, 2.75) is 31.7 Å². The monoisotopic (exact) mass is 425 g/mol. The van der Waals surface area contributed by atoms with Crippen LogP contribution in [-0.2, 0) is 4.79 Å². The lowest BCUT2D eigenvalue weighted by atomic mass is 9.96. The van der Waals surface area contributed by atoms with Gasteiger partial charge in [0.1, 0.15) is 0 Å². The zero-order valence-electron chi connectivity index (χ0n) is 16.6. The van der Waals surface area contributed by atoms with Gasteiger partial charge in [0.05, 0.1) is 16.5 Å². The maximum Gasteiger partial charge on any atom is 0.257 e. The minimum absolute atomic E-state index is 0.0516. The molecule has 2 aliphatic rings. The van der Waals surface area contributed by atoms with E-state index in [1.807, 2.05) is 0 Å². The Kier molecular flexibility index (Phi) is 6.04. The molecule has 1 aliphatic heterocycles. The van der Waals surface area contributed by atoms with Gasteiger partial charge in [-0.1, -0.05) is 29.8 Å². The fraction of sp³-hybridized carbons (Fsp3) is 0.348. The molecule has 1 saturated heterocycles. The minimum atomic E-state index is -0.333. The third kappa shape index (κ3) is 4.82. The van der Waals surface area contributed by atoms with Crippen molar-refractivity contribution in [3.05, 3.63) is 64.7 Å². The lowest BCUT2D eigenvalue weighted by Crippen LogP contribution is -2.45. The maximum atomic E-state index is 13.0. The molecule has 4 rings (SSSR count). The molecule has 1 heterocycles. The predicted molar refractivity (Wildman–Crippen MR) is 116 cm³/mol. The Labute approximate surface area is 180 Å². The first-order valence-electron chi connectivity index (χ1n) is 10.3. The van der Waals surface area contributed by atoms with E-state index in [-0.39, 0.29) is 23.6 Å². The van der Waals surface area contributed by atoms with Crippen LogP contribution >= 0.6 is 11.6 Å². The summed E-state index contributed by atoms with van der Waals surface area (Å²) in [6.45, 7) is 1.05. The molecule has 156 valence electrons. The molecule has 1 aliphatic carbocycles. The summed E-state index contributed by atoms with van der Waals surface area (Å²) in [5, 5.41) is 6.20. The van der Waals surface area contributed by atoms with Crippen molar-refractivity contribution in [3.63, 3.8) is 0 Å². The third-order valence-corrected chi connectivity index (χ3v) is 5.82. The molecule has 2 fully saturated rings. The molecule has 3 amide bonds. The van der Waals surface area contributed by atoms with Crippen LogP contribution in [0.25, 0.3) is 0 Å². The van der Waals surface area contributed by atoms with Crippen LogP contribution in [-0.4, -0.2) is 41.8 Å². The highest BCUT2D eigenvalue weighted by atomic mass is 35.5. The molecule has 2 N–H and O–H groups in total. The van der Waals surface area contributed by atoms with Crippen LogP contribution in [0, 0.1) is 5.92 Å². The third-order valence-electron chi connectivity index (χ3n) is 5.49. The molecule has 0 radical (unpaired) electrons. The van der Waals surface area contributed by atoms with Crippen LogP contribution in [0.15, 0.2) is 48.5 Å². The van der Waals surface area contributed by atoms with Crippen LogP contribution in [0.3, 0.4) is 0 Å². The SMILES string of the molecule is O=C(Nc1cccc(C(=O)N2CCCC(C(=O)NC3CC3)C2)c1)c1ccccc1Cl. The van der Waals surface area contributed by atoms with Crippen molar-refractivity contribution in [1.29, 1.82) is 0 Å². The fourth-order valence-electron chi connectivity index (χ4n) is 3.68. The Morgan fingerprint density at radius 3 is 2.57 bits per heavy atom. The summed E-state index contributed by atoms with van der Waals surface area (Å²) < 4.78 is 0. The fourth-order valence-corrected chi connectivity index (χ4v) is 3.90. The molecule has 1 atom stereocenters. The summed E-state index contributed by atoms with van der Waals surface area (Å²) in [4.78, 5) is 39.6. The normalized spacial score (nSPS) is 18.6. The molecule has 0 spiro atoms. The number of benzene rings is 2. The Morgan fingerprint density at radius 2 is 1.80 bits per heavy atom. The second kappa shape index (κ2) is 8.88. The number of carbonyl (C=O) groups is 3. The number of nitrogens with zero attached hydrogens (tertiary/aromatic N) is 1. The number of anilines is 1. The number of rotatable bonds is 5. The highest BCUT2D eigenvalue weighted by Gasteiger charge is 2.32. The molecular weight excluding hydrogens is 402 g/mol. The Morgan fingerprint density at radius 1 is 1.00 bits per heavy atom. The molecule has 0 bridgehead atoms. The van der Waals surface area contributed by atoms with Gasteiger partial charge in [-0.3, -0.25) is 14.4 Å². The number of hydrogen-bond donors (Lipinski definition) is 2. The van der Waals surface area contributed by atoms with Crippen molar-refractivity contribution in [3.8, 4) is 0 Å². The van der Waals surface area contributed by atoms with Gasteiger partial charge < -0.3 is 15.5 Å². The van der Waals surface area contributed by atoms with E-state index in [9.17, 15) is 14.4 Å². The number of amides is 3. The Hall–Kier alpha value is -2.86. The van der Waals surface area contributed by atoms with Gasteiger partial charge in [-0.25, -0.2) is 0 Å². The van der Waals surface area contributed by atoms with Gasteiger partial charge in [0.15, 0.2) is 0 Å². The molecule has 0 aromatic heterocycles. The number of piperidine rings is 1. The second-order valence-corrected chi connectivity index (χ2v) is 8.30. The van der Waals surface area contributed by atoms with E-state index in [2.05, 4.69) is 10.6 Å². The van der Waals surface area contributed by atoms with Gasteiger partial charge in [-0.15, -0.1) is 0 Å². The molecule has 2 aromatic carbocycles. The van der Waals surface area contributed by atoms with Crippen LogP contribution in [0.4, 0.5) is 5.69 Å². The molecular formula is C23H24ClN3O3. The molecule has 1 unspecified atom stereocenters. The Bertz CT molecular complexity index is 974. The number of hydrogen-bond acceptors (Lipinski definition) is 3. The van der Waals surface area contributed by atoms with Crippen LogP contribution in [0.2, 0.25) is 5.02 Å². The molecule has 1 saturated carbocycles. The summed E-state index contributed by atoms with van der Waals surface area (Å²) in [7, 11) is 0. The van der Waals surface area contributed by atoms with Crippen LogP contribution < -0.4 is 10.6 Å². The van der Waals surface area contributed by atoms with Gasteiger partial charge >= 0.3 is 0 Å². The molecule has 30 heavy (non-hydrogen) atoms. The molecule has 2 aromatic rings. The number of nitrogens with one attached hydrogen (secondary N) is 2. The van der Waals surface area contributed by atoms with Crippen LogP contribution in [0.5, 0.6) is 0 Å². The van der Waals surface area contributed by atoms with Crippen molar-refractivity contribution in [2.24, 2.45) is 5.92 Å². The van der Waals surface area contributed by atoms with Gasteiger partial charge in [-0.2, -0.15) is 0 Å². The van der Waals surface area contributed by atoms with E-state index < -0.39 is 0 Å². The van der Waals surface area contributed by atoms with E-state index in [4.69, 9.17) is 11.6 Å². The Balaban J connectivity index is 1.42. The lowest BCUT2D eigenvalue weighted by molar-refractivity contribution is -0.126. The van der Waals surface area contributed by atoms with Gasteiger partial charge in [0.25, 0.3) is 11.8 Å². The van der Waals surface area contributed by atoms with Crippen molar-refractivity contribution < 1.29 is 14.4 Å². The smallest absolute Gasteiger partial charge is 0.257 e. The standard InChI is InChI=1S/C23H24ClN3O3/c24-20-9-2-1-8-19(20)22(29)26-18-7-3-5-15(13-18)23(30)27-12-4-6-16(14-27)21(28)25-17-10-11-17/h1-3,5,7-9,13,16-17H,4,6,10-12,14H2,(H,25,28)(H,26,29). The van der Waals surface area contributed by atoms with Crippen LogP contribution in [0.1, 0.15) is 46.4 Å².